The number of hydrogen-bond donors (Lipinski definition) is 2. The van der Waals surface area contributed by atoms with Gasteiger partial charge in [-0.15, -0.1) is 0 Å². The lowest BCUT2D eigenvalue weighted by Crippen LogP contribution is -2.19. The normalized spacial score (nSPS) is 20.0. The van der Waals surface area contributed by atoms with Crippen molar-refractivity contribution in [2.45, 2.75) is 32.8 Å². The second kappa shape index (κ2) is 6.01. The number of cyclic esters (lactones) is 1. The monoisotopic (exact) mass is 304 g/mol. The quantitative estimate of drug-likeness (QED) is 0.607. The van der Waals surface area contributed by atoms with Gasteiger partial charge in [0.25, 0.3) is 0 Å². The van der Waals surface area contributed by atoms with Crippen LogP contribution in [0.2, 0.25) is 0 Å². The fraction of sp³-hybridized carbons (Fsp3) is 0.312. The zero-order valence-corrected chi connectivity index (χ0v) is 12.3. The molecule has 2 rings (SSSR count). The Hall–Kier alpha value is -2.63. The number of carbonyl (C=O) groups is 3. The van der Waals surface area contributed by atoms with E-state index in [9.17, 15) is 24.6 Å². The first-order valence-corrected chi connectivity index (χ1v) is 6.80. The van der Waals surface area contributed by atoms with E-state index in [0.717, 1.165) is 13.0 Å². The molecule has 0 aliphatic carbocycles. The highest BCUT2D eigenvalue weighted by Crippen LogP contribution is 2.35. The molecule has 0 spiro atoms. The number of esters is 1. The molecule has 1 atom stereocenters. The van der Waals surface area contributed by atoms with E-state index in [2.05, 4.69) is 0 Å². The largest absolute Gasteiger partial charge is 0.507 e. The van der Waals surface area contributed by atoms with Gasteiger partial charge in [0, 0.05) is 6.42 Å². The summed E-state index contributed by atoms with van der Waals surface area (Å²) in [7, 11) is 0. The van der Waals surface area contributed by atoms with Crippen molar-refractivity contribution in [1.29, 1.82) is 0 Å². The summed E-state index contributed by atoms with van der Waals surface area (Å²) >= 11 is 0. The maximum Gasteiger partial charge on any atom is 0.310 e. The summed E-state index contributed by atoms with van der Waals surface area (Å²) in [4.78, 5) is 35.6. The smallest absolute Gasteiger partial charge is 0.310 e. The van der Waals surface area contributed by atoms with E-state index in [0.29, 0.717) is 6.42 Å². The van der Waals surface area contributed by atoms with Crippen molar-refractivity contribution in [2.75, 3.05) is 0 Å². The van der Waals surface area contributed by atoms with Crippen LogP contribution in [0.4, 0.5) is 0 Å². The Morgan fingerprint density at radius 2 is 2.00 bits per heavy atom. The number of ketones is 2. The maximum atomic E-state index is 12.3. The minimum absolute atomic E-state index is 0.119. The SMILES string of the molecule is CC(=O)c1c(O)cc2c(c1O)C(=O)/C=C/CC(C)OC(=O)C2. The van der Waals surface area contributed by atoms with Gasteiger partial charge in [0.1, 0.15) is 23.2 Å². The number of phenolic OH excluding ortho intramolecular Hbond substituents is 2. The van der Waals surface area contributed by atoms with Gasteiger partial charge in [-0.3, -0.25) is 14.4 Å². The molecule has 2 N–H and O–H groups in total. The average molecular weight is 304 g/mol. The van der Waals surface area contributed by atoms with Gasteiger partial charge in [-0.1, -0.05) is 6.08 Å². The highest BCUT2D eigenvalue weighted by molar-refractivity contribution is 6.12. The van der Waals surface area contributed by atoms with Crippen molar-refractivity contribution in [1.82, 2.24) is 0 Å². The molecule has 0 saturated heterocycles. The van der Waals surface area contributed by atoms with Crippen LogP contribution in [0.15, 0.2) is 18.2 Å². The van der Waals surface area contributed by atoms with Crippen LogP contribution < -0.4 is 0 Å². The number of rotatable bonds is 1. The summed E-state index contributed by atoms with van der Waals surface area (Å²) in [6.07, 6.45) is 2.51. The van der Waals surface area contributed by atoms with Crippen LogP contribution in [-0.4, -0.2) is 33.9 Å². The Bertz CT molecular complexity index is 686. The molecule has 1 unspecified atom stereocenters. The molecular weight excluding hydrogens is 288 g/mol. The third-order valence-corrected chi connectivity index (χ3v) is 3.36. The summed E-state index contributed by atoms with van der Waals surface area (Å²) in [5.74, 6) is -2.77. The molecule has 0 fully saturated rings. The molecular formula is C16H16O6. The molecule has 1 aromatic rings. The Labute approximate surface area is 127 Å². The second-order valence-corrected chi connectivity index (χ2v) is 5.19. The van der Waals surface area contributed by atoms with Crippen LogP contribution in [0.3, 0.4) is 0 Å². The first-order chi connectivity index (χ1) is 10.3. The van der Waals surface area contributed by atoms with E-state index >= 15 is 0 Å². The fourth-order valence-electron chi connectivity index (χ4n) is 2.39. The molecule has 22 heavy (non-hydrogen) atoms. The van der Waals surface area contributed by atoms with E-state index in [1.165, 1.54) is 12.2 Å². The fourth-order valence-corrected chi connectivity index (χ4v) is 2.39. The van der Waals surface area contributed by atoms with Gasteiger partial charge in [-0.05, 0) is 31.6 Å². The van der Waals surface area contributed by atoms with E-state index in [1.54, 1.807) is 6.92 Å². The molecule has 1 aliphatic heterocycles. The Morgan fingerprint density at radius 1 is 1.32 bits per heavy atom. The van der Waals surface area contributed by atoms with E-state index in [-0.39, 0.29) is 29.2 Å². The first-order valence-electron chi connectivity index (χ1n) is 6.80. The second-order valence-electron chi connectivity index (χ2n) is 5.19. The molecule has 0 aromatic heterocycles. The Kier molecular flexibility index (Phi) is 4.30. The summed E-state index contributed by atoms with van der Waals surface area (Å²) in [6, 6.07) is 1.14. The van der Waals surface area contributed by atoms with E-state index in [4.69, 9.17) is 4.74 Å². The van der Waals surface area contributed by atoms with Gasteiger partial charge in [0.2, 0.25) is 0 Å². The number of carbonyl (C=O) groups excluding carboxylic acids is 3. The van der Waals surface area contributed by atoms with Crippen molar-refractivity contribution in [3.05, 3.63) is 34.9 Å². The van der Waals surface area contributed by atoms with Crippen molar-refractivity contribution in [2.24, 2.45) is 0 Å². The Morgan fingerprint density at radius 3 is 2.64 bits per heavy atom. The summed E-state index contributed by atoms with van der Waals surface area (Å²) in [5.41, 5.74) is -0.376. The van der Waals surface area contributed by atoms with Gasteiger partial charge in [-0.2, -0.15) is 0 Å². The first kappa shape index (κ1) is 15.8. The lowest BCUT2D eigenvalue weighted by molar-refractivity contribution is -0.147. The number of aromatic hydroxyl groups is 2. The topological polar surface area (TPSA) is 101 Å². The molecule has 116 valence electrons. The van der Waals surface area contributed by atoms with Crippen LogP contribution >= 0.6 is 0 Å². The third-order valence-electron chi connectivity index (χ3n) is 3.36. The predicted octanol–water partition coefficient (Wildman–Crippen LogP) is 1.92. The third kappa shape index (κ3) is 3.00. The number of allylic oxidation sites excluding steroid dienone is 1. The molecule has 0 saturated carbocycles. The predicted molar refractivity (Wildman–Crippen MR) is 77.1 cm³/mol. The van der Waals surface area contributed by atoms with Crippen LogP contribution in [-0.2, 0) is 16.0 Å². The number of benzene rings is 1. The molecule has 1 heterocycles. The molecule has 0 bridgehead atoms. The lowest BCUT2D eigenvalue weighted by atomic mass is 9.93. The van der Waals surface area contributed by atoms with Crippen molar-refractivity contribution < 1.29 is 29.3 Å². The van der Waals surface area contributed by atoms with Crippen LogP contribution in [0.5, 0.6) is 11.5 Å². The summed E-state index contributed by atoms with van der Waals surface area (Å²) < 4.78 is 5.14. The van der Waals surface area contributed by atoms with Crippen LogP contribution in [0.25, 0.3) is 0 Å². The average Bonchev–Trinajstić information content (AvgIpc) is 2.36. The molecule has 6 nitrogen and oxygen atoms in total. The number of ether oxygens (including phenoxy) is 1. The van der Waals surface area contributed by atoms with Gasteiger partial charge < -0.3 is 14.9 Å². The number of phenols is 2. The summed E-state index contributed by atoms with van der Waals surface area (Å²) in [6.45, 7) is 2.86. The zero-order chi connectivity index (χ0) is 16.4. The van der Waals surface area contributed by atoms with Crippen molar-refractivity contribution in [3.8, 4) is 11.5 Å². The highest BCUT2D eigenvalue weighted by atomic mass is 16.5. The minimum atomic E-state index is -0.612. The Balaban J connectivity index is 2.66. The van der Waals surface area contributed by atoms with Gasteiger partial charge in [0.05, 0.1) is 12.0 Å². The number of hydrogen-bond acceptors (Lipinski definition) is 6. The zero-order valence-electron chi connectivity index (χ0n) is 12.3. The molecule has 0 radical (unpaired) electrons. The van der Waals surface area contributed by atoms with Gasteiger partial charge in [-0.25, -0.2) is 0 Å². The maximum absolute atomic E-state index is 12.3. The molecule has 6 heteroatoms. The number of Topliss-reactive ketones (excluding diaryl/α,β-unsaturated/α-hetero) is 1. The number of fused-ring (bicyclic) bond motifs is 1. The van der Waals surface area contributed by atoms with Crippen LogP contribution in [0.1, 0.15) is 46.5 Å². The summed E-state index contributed by atoms with van der Waals surface area (Å²) in [5, 5.41) is 20.1. The molecule has 1 aromatic carbocycles. The molecule has 0 amide bonds. The van der Waals surface area contributed by atoms with E-state index < -0.39 is 29.0 Å². The molecule has 1 aliphatic rings. The van der Waals surface area contributed by atoms with Crippen LogP contribution in [0, 0.1) is 0 Å². The van der Waals surface area contributed by atoms with Gasteiger partial charge >= 0.3 is 5.97 Å². The van der Waals surface area contributed by atoms with Gasteiger partial charge in [0.15, 0.2) is 11.6 Å². The lowest BCUT2D eigenvalue weighted by Gasteiger charge is -2.16. The van der Waals surface area contributed by atoms with E-state index in [1.807, 2.05) is 0 Å². The highest BCUT2D eigenvalue weighted by Gasteiger charge is 2.26. The standard InChI is InChI=1S/C16H16O6/c1-8-4-3-5-11(18)15-10(7-13(20)22-8)6-12(19)14(9(2)17)16(15)21/h3,5-6,8,19,21H,4,7H2,1-2H3/b5-3+. The minimum Gasteiger partial charge on any atom is -0.507 e. The van der Waals surface area contributed by atoms with Crippen molar-refractivity contribution in [3.63, 3.8) is 0 Å². The van der Waals surface area contributed by atoms with Crippen molar-refractivity contribution >= 4 is 17.5 Å².